The van der Waals surface area contributed by atoms with E-state index in [-0.39, 0.29) is 5.57 Å². The fourth-order valence-electron chi connectivity index (χ4n) is 1.32. The molecule has 0 aromatic heterocycles. The average molecular weight is 321 g/mol. The van der Waals surface area contributed by atoms with Gasteiger partial charge < -0.3 is 15.3 Å². The molecule has 1 rings (SSSR count). The predicted octanol–water partition coefficient (Wildman–Crippen LogP) is 1.81. The van der Waals surface area contributed by atoms with Crippen LogP contribution in [0.3, 0.4) is 0 Å². The molecule has 1 unspecified atom stereocenters. The standard InChI is InChI=1S/C9H9BrO4.C3H8O/c1-5-6(7(11)12)3-2-4-9(5,10)8(13)14;1-2-3-4/h2-5H,1H3,(H,11,12)(H,13,14);4H,2-3H2,1H3/t5-,9?;/m0./s1. The van der Waals surface area contributed by atoms with Gasteiger partial charge in [-0.1, -0.05) is 48.0 Å². The molecule has 0 aliphatic heterocycles. The number of halogens is 1. The van der Waals surface area contributed by atoms with Crippen molar-refractivity contribution in [2.45, 2.75) is 24.6 Å². The van der Waals surface area contributed by atoms with Crippen molar-refractivity contribution in [1.82, 2.24) is 0 Å². The zero-order valence-electron chi connectivity index (χ0n) is 10.3. The minimum Gasteiger partial charge on any atom is -0.480 e. The third kappa shape index (κ3) is 3.96. The molecule has 18 heavy (non-hydrogen) atoms. The Bertz CT molecular complexity index is 373. The van der Waals surface area contributed by atoms with Gasteiger partial charge in [-0.25, -0.2) is 4.79 Å². The summed E-state index contributed by atoms with van der Waals surface area (Å²) in [4.78, 5) is 21.7. The van der Waals surface area contributed by atoms with Gasteiger partial charge in [0.15, 0.2) is 0 Å². The number of carbonyl (C=O) groups is 2. The van der Waals surface area contributed by atoms with E-state index in [1.54, 1.807) is 6.92 Å². The third-order valence-electron chi connectivity index (χ3n) is 2.51. The molecule has 6 heteroatoms. The monoisotopic (exact) mass is 320 g/mol. The number of aliphatic carboxylic acids is 2. The van der Waals surface area contributed by atoms with Crippen molar-refractivity contribution >= 4 is 27.9 Å². The molecule has 0 bridgehead atoms. The molecular weight excluding hydrogens is 304 g/mol. The van der Waals surface area contributed by atoms with Crippen LogP contribution in [-0.2, 0) is 9.59 Å². The number of aliphatic hydroxyl groups is 1. The highest BCUT2D eigenvalue weighted by Crippen LogP contribution is 2.37. The number of alkyl halides is 1. The normalized spacial score (nSPS) is 25.8. The summed E-state index contributed by atoms with van der Waals surface area (Å²) in [6.07, 6.45) is 5.16. The first-order chi connectivity index (χ1) is 8.31. The largest absolute Gasteiger partial charge is 0.480 e. The summed E-state index contributed by atoms with van der Waals surface area (Å²) in [5, 5.41) is 25.6. The van der Waals surface area contributed by atoms with Crippen molar-refractivity contribution in [3.05, 3.63) is 23.8 Å². The van der Waals surface area contributed by atoms with Gasteiger partial charge in [0.2, 0.25) is 0 Å². The molecule has 2 atom stereocenters. The second-order valence-corrected chi connectivity index (χ2v) is 5.12. The maximum Gasteiger partial charge on any atom is 0.331 e. The van der Waals surface area contributed by atoms with Crippen molar-refractivity contribution in [2.24, 2.45) is 5.92 Å². The molecular formula is C12H17BrO5. The number of hydrogen-bond acceptors (Lipinski definition) is 3. The lowest BCUT2D eigenvalue weighted by atomic mass is 9.83. The van der Waals surface area contributed by atoms with Crippen LogP contribution in [0.4, 0.5) is 0 Å². The van der Waals surface area contributed by atoms with Crippen LogP contribution in [0.1, 0.15) is 20.3 Å². The highest BCUT2D eigenvalue weighted by molar-refractivity contribution is 9.10. The van der Waals surface area contributed by atoms with Crippen LogP contribution in [0.25, 0.3) is 0 Å². The van der Waals surface area contributed by atoms with E-state index < -0.39 is 22.2 Å². The minimum absolute atomic E-state index is 0.0896. The quantitative estimate of drug-likeness (QED) is 0.689. The molecule has 0 heterocycles. The maximum absolute atomic E-state index is 10.9. The lowest BCUT2D eigenvalue weighted by molar-refractivity contribution is -0.139. The summed E-state index contributed by atoms with van der Waals surface area (Å²) in [7, 11) is 0. The smallest absolute Gasteiger partial charge is 0.331 e. The summed E-state index contributed by atoms with van der Waals surface area (Å²) in [5.74, 6) is -2.79. The molecule has 1 aliphatic carbocycles. The molecule has 0 spiro atoms. The Labute approximate surface area is 114 Å². The van der Waals surface area contributed by atoms with Gasteiger partial charge in [0, 0.05) is 18.1 Å². The molecule has 0 radical (unpaired) electrons. The van der Waals surface area contributed by atoms with Gasteiger partial charge in [-0.05, 0) is 6.42 Å². The van der Waals surface area contributed by atoms with E-state index in [1.165, 1.54) is 18.2 Å². The number of aliphatic hydroxyl groups excluding tert-OH is 1. The fourth-order valence-corrected chi connectivity index (χ4v) is 1.72. The molecule has 0 saturated heterocycles. The third-order valence-corrected chi connectivity index (χ3v) is 3.80. The van der Waals surface area contributed by atoms with E-state index >= 15 is 0 Å². The number of allylic oxidation sites excluding steroid dienone is 2. The Kier molecular flexibility index (Phi) is 6.86. The van der Waals surface area contributed by atoms with Gasteiger partial charge >= 0.3 is 11.9 Å². The maximum atomic E-state index is 10.9. The SMILES string of the molecule is CCCO.C[C@H]1C(C(=O)O)=CC=CC1(Br)C(=O)O. The molecule has 0 saturated carbocycles. The molecule has 5 nitrogen and oxygen atoms in total. The summed E-state index contributed by atoms with van der Waals surface area (Å²) in [6.45, 7) is 3.81. The van der Waals surface area contributed by atoms with Gasteiger partial charge in [0.05, 0.1) is 0 Å². The molecule has 1 aliphatic rings. The minimum atomic E-state index is -1.31. The van der Waals surface area contributed by atoms with E-state index in [2.05, 4.69) is 15.9 Å². The van der Waals surface area contributed by atoms with Crippen molar-refractivity contribution in [1.29, 1.82) is 0 Å². The number of hydrogen-bond donors (Lipinski definition) is 3. The summed E-state index contributed by atoms with van der Waals surface area (Å²) in [5.41, 5.74) is 0.0896. The molecule has 0 amide bonds. The van der Waals surface area contributed by atoms with E-state index in [4.69, 9.17) is 15.3 Å². The van der Waals surface area contributed by atoms with Crippen LogP contribution < -0.4 is 0 Å². The number of rotatable bonds is 3. The molecule has 0 fully saturated rings. The lowest BCUT2D eigenvalue weighted by Gasteiger charge is -2.29. The first kappa shape index (κ1) is 16.9. The lowest BCUT2D eigenvalue weighted by Crippen LogP contribution is -2.40. The summed E-state index contributed by atoms with van der Waals surface area (Å²) >= 11 is 3.04. The highest BCUT2D eigenvalue weighted by Gasteiger charge is 2.43. The Morgan fingerprint density at radius 3 is 2.28 bits per heavy atom. The van der Waals surface area contributed by atoms with E-state index in [1.807, 2.05) is 6.92 Å². The van der Waals surface area contributed by atoms with Crippen LogP contribution in [0.15, 0.2) is 23.8 Å². The van der Waals surface area contributed by atoms with Crippen molar-refractivity contribution in [3.8, 4) is 0 Å². The first-order valence-electron chi connectivity index (χ1n) is 5.47. The molecule has 3 N–H and O–H groups in total. The summed E-state index contributed by atoms with van der Waals surface area (Å²) in [6, 6.07) is 0. The number of carboxylic acid groups (broad SMARTS) is 2. The number of carboxylic acids is 2. The van der Waals surface area contributed by atoms with Crippen LogP contribution in [-0.4, -0.2) is 38.2 Å². The van der Waals surface area contributed by atoms with E-state index in [0.29, 0.717) is 6.61 Å². The van der Waals surface area contributed by atoms with Crippen molar-refractivity contribution < 1.29 is 24.9 Å². The Morgan fingerprint density at radius 2 is 1.94 bits per heavy atom. The van der Waals surface area contributed by atoms with Crippen LogP contribution in [0.5, 0.6) is 0 Å². The van der Waals surface area contributed by atoms with Crippen LogP contribution in [0.2, 0.25) is 0 Å². The summed E-state index contributed by atoms with van der Waals surface area (Å²) < 4.78 is -1.31. The second-order valence-electron chi connectivity index (χ2n) is 3.80. The topological polar surface area (TPSA) is 94.8 Å². The zero-order valence-corrected chi connectivity index (χ0v) is 11.8. The van der Waals surface area contributed by atoms with E-state index in [0.717, 1.165) is 6.42 Å². The van der Waals surface area contributed by atoms with Gasteiger partial charge in [0.1, 0.15) is 4.32 Å². The Hall–Kier alpha value is -1.14. The zero-order chi connectivity index (χ0) is 14.3. The van der Waals surface area contributed by atoms with Crippen LogP contribution in [0, 0.1) is 5.92 Å². The van der Waals surface area contributed by atoms with Gasteiger partial charge in [-0.15, -0.1) is 0 Å². The Balaban J connectivity index is 0.000000631. The fraction of sp³-hybridized carbons (Fsp3) is 0.500. The predicted molar refractivity (Wildman–Crippen MR) is 70.7 cm³/mol. The Morgan fingerprint density at radius 1 is 1.44 bits per heavy atom. The molecule has 0 aromatic carbocycles. The second kappa shape index (κ2) is 7.33. The average Bonchev–Trinajstić information content (AvgIpc) is 2.32. The molecule has 102 valence electrons. The van der Waals surface area contributed by atoms with E-state index in [9.17, 15) is 9.59 Å². The van der Waals surface area contributed by atoms with Crippen molar-refractivity contribution in [2.75, 3.05) is 6.61 Å². The van der Waals surface area contributed by atoms with Crippen molar-refractivity contribution in [3.63, 3.8) is 0 Å². The van der Waals surface area contributed by atoms with Crippen LogP contribution >= 0.6 is 15.9 Å². The first-order valence-corrected chi connectivity index (χ1v) is 6.26. The molecule has 0 aromatic rings. The van der Waals surface area contributed by atoms with Gasteiger partial charge in [0.25, 0.3) is 0 Å². The highest BCUT2D eigenvalue weighted by atomic mass is 79.9. The van der Waals surface area contributed by atoms with Gasteiger partial charge in [-0.2, -0.15) is 0 Å². The van der Waals surface area contributed by atoms with Gasteiger partial charge in [-0.3, -0.25) is 4.79 Å².